The van der Waals surface area contributed by atoms with Crippen LogP contribution in [0.2, 0.25) is 0 Å². The average molecular weight is 377 g/mol. The van der Waals surface area contributed by atoms with Crippen LogP contribution in [-0.2, 0) is 10.0 Å². The molecular weight excluding hydrogens is 348 g/mol. The van der Waals surface area contributed by atoms with Gasteiger partial charge in [0.2, 0.25) is 10.0 Å². The number of benzene rings is 1. The number of guanidine groups is 1. The van der Waals surface area contributed by atoms with Crippen LogP contribution in [0.3, 0.4) is 0 Å². The molecule has 0 aliphatic carbocycles. The fourth-order valence-corrected chi connectivity index (χ4v) is 5.03. The second kappa shape index (κ2) is 8.68. The molecule has 7 heteroatoms. The summed E-state index contributed by atoms with van der Waals surface area (Å²) in [6, 6.07) is 10.4. The van der Waals surface area contributed by atoms with Gasteiger partial charge in [0.1, 0.15) is 0 Å². The molecule has 0 atom stereocenters. The van der Waals surface area contributed by atoms with Crippen LogP contribution in [0.5, 0.6) is 0 Å². The van der Waals surface area contributed by atoms with Crippen molar-refractivity contribution >= 4 is 22.1 Å². The third kappa shape index (κ3) is 4.86. The molecule has 1 aromatic rings. The van der Waals surface area contributed by atoms with E-state index in [2.05, 4.69) is 45.6 Å². The van der Waals surface area contributed by atoms with E-state index in [0.29, 0.717) is 19.6 Å². The topological polar surface area (TPSA) is 65.0 Å². The van der Waals surface area contributed by atoms with Crippen LogP contribution in [-0.4, -0.2) is 69.1 Å². The highest BCUT2D eigenvalue weighted by Crippen LogP contribution is 2.19. The second-order valence-electron chi connectivity index (χ2n) is 6.74. The molecule has 2 aliphatic heterocycles. The summed E-state index contributed by atoms with van der Waals surface area (Å²) in [5.74, 6) is 1.14. The van der Waals surface area contributed by atoms with Crippen LogP contribution >= 0.6 is 0 Å². The van der Waals surface area contributed by atoms with Gasteiger partial charge in [0.15, 0.2) is 5.96 Å². The van der Waals surface area contributed by atoms with Gasteiger partial charge in [-0.2, -0.15) is 0 Å². The van der Waals surface area contributed by atoms with Gasteiger partial charge in [-0.25, -0.2) is 12.7 Å². The first-order valence-electron chi connectivity index (χ1n) is 9.26. The highest BCUT2D eigenvalue weighted by Gasteiger charge is 2.27. The lowest BCUT2D eigenvalue weighted by molar-refractivity contribution is 0.371. The first-order chi connectivity index (χ1) is 12.6. The van der Waals surface area contributed by atoms with E-state index in [-0.39, 0.29) is 5.75 Å². The Bertz CT molecular complexity index is 749. The summed E-state index contributed by atoms with van der Waals surface area (Å²) in [4.78, 5) is 6.62. The van der Waals surface area contributed by atoms with Gasteiger partial charge in [-0.3, -0.25) is 4.99 Å². The van der Waals surface area contributed by atoms with E-state index in [9.17, 15) is 8.42 Å². The molecule has 2 aliphatic rings. The lowest BCUT2D eigenvalue weighted by Gasteiger charge is -2.31. The van der Waals surface area contributed by atoms with Gasteiger partial charge in [-0.15, -0.1) is 0 Å². The summed E-state index contributed by atoms with van der Waals surface area (Å²) in [6.45, 7) is 3.60. The van der Waals surface area contributed by atoms with E-state index in [4.69, 9.17) is 0 Å². The Balaban J connectivity index is 1.47. The van der Waals surface area contributed by atoms with Gasteiger partial charge in [0.25, 0.3) is 0 Å². The van der Waals surface area contributed by atoms with Crippen LogP contribution < -0.4 is 5.32 Å². The SMILES string of the molecule is CN=C(NCCN1CCCS1(=O)=O)N1CCC(=Cc2ccccc2)CC1. The number of likely N-dealkylation sites (tertiary alicyclic amines) is 1. The Morgan fingerprint density at radius 3 is 2.54 bits per heavy atom. The summed E-state index contributed by atoms with van der Waals surface area (Å²) in [5.41, 5.74) is 2.72. The molecule has 0 aromatic heterocycles. The van der Waals surface area contributed by atoms with Crippen molar-refractivity contribution < 1.29 is 8.42 Å². The molecule has 0 radical (unpaired) electrons. The lowest BCUT2D eigenvalue weighted by atomic mass is 10.0. The van der Waals surface area contributed by atoms with Crippen LogP contribution in [0.15, 0.2) is 40.9 Å². The number of hydrogen-bond acceptors (Lipinski definition) is 3. The standard InChI is InChI=1S/C19H28N4O2S/c1-20-19(21-10-14-23-11-5-15-26(23,24)25)22-12-8-18(9-13-22)16-17-6-3-2-4-7-17/h2-4,6-7,16H,5,8-15H2,1H3,(H,20,21). The smallest absolute Gasteiger partial charge is 0.214 e. The van der Waals surface area contributed by atoms with Crippen LogP contribution in [0, 0.1) is 0 Å². The Labute approximate surface area is 156 Å². The van der Waals surface area contributed by atoms with Crippen molar-refractivity contribution in [2.75, 3.05) is 45.5 Å². The van der Waals surface area contributed by atoms with Crippen molar-refractivity contribution in [3.8, 4) is 0 Å². The number of sulfonamides is 1. The van der Waals surface area contributed by atoms with Gasteiger partial charge in [-0.05, 0) is 24.8 Å². The molecule has 1 aromatic carbocycles. The maximum atomic E-state index is 11.8. The molecule has 0 amide bonds. The summed E-state index contributed by atoms with van der Waals surface area (Å²) in [7, 11) is -1.24. The van der Waals surface area contributed by atoms with Crippen molar-refractivity contribution in [1.82, 2.24) is 14.5 Å². The zero-order valence-corrected chi connectivity index (χ0v) is 16.2. The van der Waals surface area contributed by atoms with E-state index >= 15 is 0 Å². The average Bonchev–Trinajstić information content (AvgIpc) is 2.99. The zero-order chi connectivity index (χ0) is 18.4. The lowest BCUT2D eigenvalue weighted by Crippen LogP contribution is -2.46. The third-order valence-electron chi connectivity index (χ3n) is 4.93. The molecule has 2 heterocycles. The fourth-order valence-electron chi connectivity index (χ4n) is 3.50. The predicted octanol–water partition coefficient (Wildman–Crippen LogP) is 1.78. The molecule has 0 bridgehead atoms. The fraction of sp³-hybridized carbons (Fsp3) is 0.526. The summed E-state index contributed by atoms with van der Waals surface area (Å²) >= 11 is 0. The Kier molecular flexibility index (Phi) is 6.32. The van der Waals surface area contributed by atoms with E-state index in [1.165, 1.54) is 11.1 Å². The molecule has 2 saturated heterocycles. The highest BCUT2D eigenvalue weighted by molar-refractivity contribution is 7.89. The van der Waals surface area contributed by atoms with Crippen molar-refractivity contribution in [1.29, 1.82) is 0 Å². The minimum absolute atomic E-state index is 0.282. The van der Waals surface area contributed by atoms with E-state index in [1.54, 1.807) is 11.4 Å². The quantitative estimate of drug-likeness (QED) is 0.643. The molecule has 0 spiro atoms. The first-order valence-corrected chi connectivity index (χ1v) is 10.9. The molecule has 26 heavy (non-hydrogen) atoms. The highest BCUT2D eigenvalue weighted by atomic mass is 32.2. The molecular formula is C19H28N4O2S. The Morgan fingerprint density at radius 1 is 1.19 bits per heavy atom. The van der Waals surface area contributed by atoms with Gasteiger partial charge >= 0.3 is 0 Å². The van der Waals surface area contributed by atoms with Crippen LogP contribution in [0.25, 0.3) is 6.08 Å². The number of nitrogens with one attached hydrogen (secondary N) is 1. The summed E-state index contributed by atoms with van der Waals surface area (Å²) in [5, 5.41) is 3.32. The zero-order valence-electron chi connectivity index (χ0n) is 15.4. The van der Waals surface area contributed by atoms with Crippen molar-refractivity contribution in [2.45, 2.75) is 19.3 Å². The molecule has 1 N–H and O–H groups in total. The third-order valence-corrected chi connectivity index (χ3v) is 6.89. The molecule has 142 valence electrons. The molecule has 2 fully saturated rings. The largest absolute Gasteiger partial charge is 0.355 e. The van der Waals surface area contributed by atoms with Gasteiger partial charge in [0, 0.05) is 39.8 Å². The maximum Gasteiger partial charge on any atom is 0.214 e. The number of piperidine rings is 1. The molecule has 0 unspecified atom stereocenters. The number of hydrogen-bond donors (Lipinski definition) is 1. The van der Waals surface area contributed by atoms with Crippen molar-refractivity contribution in [3.05, 3.63) is 41.5 Å². The minimum atomic E-state index is -3.02. The minimum Gasteiger partial charge on any atom is -0.355 e. The van der Waals surface area contributed by atoms with E-state index in [1.807, 2.05) is 6.07 Å². The van der Waals surface area contributed by atoms with Gasteiger partial charge < -0.3 is 10.2 Å². The normalized spacial score (nSPS) is 21.0. The Hall–Kier alpha value is -1.86. The monoisotopic (exact) mass is 376 g/mol. The van der Waals surface area contributed by atoms with Crippen molar-refractivity contribution in [2.24, 2.45) is 4.99 Å². The van der Waals surface area contributed by atoms with Gasteiger partial charge in [0.05, 0.1) is 5.75 Å². The van der Waals surface area contributed by atoms with Gasteiger partial charge in [-0.1, -0.05) is 42.0 Å². The van der Waals surface area contributed by atoms with Crippen LogP contribution in [0.1, 0.15) is 24.8 Å². The van der Waals surface area contributed by atoms with Crippen molar-refractivity contribution in [3.63, 3.8) is 0 Å². The van der Waals surface area contributed by atoms with E-state index < -0.39 is 10.0 Å². The number of nitrogens with zero attached hydrogens (tertiary/aromatic N) is 3. The predicted molar refractivity (Wildman–Crippen MR) is 107 cm³/mol. The number of rotatable bonds is 4. The first kappa shape index (κ1) is 18.9. The maximum absolute atomic E-state index is 11.8. The Morgan fingerprint density at radius 2 is 1.92 bits per heavy atom. The molecule has 6 nitrogen and oxygen atoms in total. The molecule has 3 rings (SSSR count). The van der Waals surface area contributed by atoms with E-state index in [0.717, 1.165) is 38.3 Å². The number of aliphatic imine (C=N–C) groups is 1. The molecule has 0 saturated carbocycles. The van der Waals surface area contributed by atoms with Crippen LogP contribution in [0.4, 0.5) is 0 Å². The summed E-state index contributed by atoms with van der Waals surface area (Å²) in [6.07, 6.45) is 5.07. The summed E-state index contributed by atoms with van der Waals surface area (Å²) < 4.78 is 25.3. The second-order valence-corrected chi connectivity index (χ2v) is 8.83.